The first kappa shape index (κ1) is 16.8. The van der Waals surface area contributed by atoms with Crippen LogP contribution in [-0.2, 0) is 0 Å². The smallest absolute Gasteiger partial charge is 0.0300 e. The van der Waals surface area contributed by atoms with Crippen LogP contribution < -0.4 is 21.5 Å². The highest BCUT2D eigenvalue weighted by Crippen LogP contribution is 1.82. The molecule has 0 atom stereocenters. The maximum Gasteiger partial charge on any atom is 0.0300 e. The monoisotopic (exact) mass is 246 g/mol. The van der Waals surface area contributed by atoms with Crippen molar-refractivity contribution in [2.75, 3.05) is 67.5 Å². The largest absolute Gasteiger partial charge is 0.320 e. The lowest BCUT2D eigenvalue weighted by molar-refractivity contribution is 0.109. The van der Waals surface area contributed by atoms with Crippen LogP contribution in [0.3, 0.4) is 0 Å². The van der Waals surface area contributed by atoms with E-state index in [1.54, 1.807) is 0 Å². The Labute approximate surface area is 106 Å². The molecule has 0 saturated carbocycles. The Balaban J connectivity index is 3.67. The van der Waals surface area contributed by atoms with Gasteiger partial charge in [0.05, 0.1) is 0 Å². The van der Waals surface area contributed by atoms with Crippen molar-refractivity contribution in [2.24, 2.45) is 0 Å². The first-order chi connectivity index (χ1) is 8.20. The van der Waals surface area contributed by atoms with Gasteiger partial charge in [-0.2, -0.15) is 5.12 Å². The van der Waals surface area contributed by atoms with Gasteiger partial charge in [-0.15, -0.1) is 0 Å². The second-order valence-electron chi connectivity index (χ2n) is 4.33. The van der Waals surface area contributed by atoms with Gasteiger partial charge in [0.25, 0.3) is 0 Å². The number of likely N-dealkylation sites (N-methyl/N-ethyl adjacent to an activating group) is 2. The van der Waals surface area contributed by atoms with Gasteiger partial charge >= 0.3 is 0 Å². The first-order valence-electron chi connectivity index (χ1n) is 6.39. The fraction of sp³-hybridized carbons (Fsp3) is 1.00. The second-order valence-corrected chi connectivity index (χ2v) is 4.33. The molecule has 0 saturated heterocycles. The zero-order valence-electron chi connectivity index (χ0n) is 11.8. The van der Waals surface area contributed by atoms with Crippen LogP contribution in [0.1, 0.15) is 6.42 Å². The lowest BCUT2D eigenvalue weighted by atomic mass is 10.4. The van der Waals surface area contributed by atoms with Gasteiger partial charge in [-0.25, -0.2) is 10.9 Å². The van der Waals surface area contributed by atoms with E-state index in [1.165, 1.54) is 0 Å². The van der Waals surface area contributed by atoms with E-state index in [0.717, 1.165) is 45.7 Å². The molecule has 0 rings (SSSR count). The summed E-state index contributed by atoms with van der Waals surface area (Å²) in [6.45, 7) is 5.94. The van der Waals surface area contributed by atoms with Crippen molar-refractivity contribution in [3.8, 4) is 0 Å². The highest BCUT2D eigenvalue weighted by molar-refractivity contribution is 4.53. The van der Waals surface area contributed by atoms with Crippen molar-refractivity contribution in [2.45, 2.75) is 6.42 Å². The predicted octanol–water partition coefficient (Wildman–Crippen LogP) is -1.31. The first-order valence-corrected chi connectivity index (χ1v) is 6.39. The van der Waals surface area contributed by atoms with E-state index in [9.17, 15) is 0 Å². The van der Waals surface area contributed by atoms with Gasteiger partial charge in [0.1, 0.15) is 0 Å². The summed E-state index contributed by atoms with van der Waals surface area (Å²) < 4.78 is 0. The molecule has 0 aliphatic heterocycles. The van der Waals surface area contributed by atoms with Crippen LogP contribution in [0.25, 0.3) is 0 Å². The van der Waals surface area contributed by atoms with E-state index in [0.29, 0.717) is 0 Å². The van der Waals surface area contributed by atoms with E-state index in [4.69, 9.17) is 0 Å². The number of hydrogen-bond acceptors (Lipinski definition) is 6. The number of nitrogens with zero attached hydrogens (tertiary/aromatic N) is 2. The van der Waals surface area contributed by atoms with Crippen LogP contribution in [0.4, 0.5) is 0 Å². The van der Waals surface area contributed by atoms with Gasteiger partial charge < -0.3 is 15.5 Å². The Bertz CT molecular complexity index is 143. The Morgan fingerprint density at radius 1 is 0.765 bits per heavy atom. The zero-order valence-corrected chi connectivity index (χ0v) is 11.8. The molecule has 4 N–H and O–H groups in total. The lowest BCUT2D eigenvalue weighted by Gasteiger charge is -2.25. The molecule has 0 radical (unpaired) electrons. The number of hydrogen-bond donors (Lipinski definition) is 4. The molecule has 0 aliphatic rings. The fourth-order valence-electron chi connectivity index (χ4n) is 1.35. The summed E-state index contributed by atoms with van der Waals surface area (Å²) in [6.07, 6.45) is 1.12. The Morgan fingerprint density at radius 3 is 2.00 bits per heavy atom. The molecule has 0 heterocycles. The molecule has 0 fully saturated rings. The molecule has 6 nitrogen and oxygen atoms in total. The van der Waals surface area contributed by atoms with Crippen molar-refractivity contribution >= 4 is 0 Å². The predicted molar refractivity (Wildman–Crippen MR) is 73.7 cm³/mol. The minimum absolute atomic E-state index is 0.936. The average molecular weight is 246 g/mol. The summed E-state index contributed by atoms with van der Waals surface area (Å²) in [5.74, 6) is 0. The van der Waals surface area contributed by atoms with Gasteiger partial charge in [-0.3, -0.25) is 0 Å². The van der Waals surface area contributed by atoms with E-state index in [2.05, 4.69) is 45.6 Å². The van der Waals surface area contributed by atoms with Crippen LogP contribution >= 0.6 is 0 Å². The molecule has 0 aliphatic carbocycles. The highest BCUT2D eigenvalue weighted by atomic mass is 15.7. The minimum Gasteiger partial charge on any atom is -0.320 e. The lowest BCUT2D eigenvalue weighted by Crippen LogP contribution is -2.52. The van der Waals surface area contributed by atoms with E-state index < -0.39 is 0 Å². The molecular formula is C11H30N6. The third-order valence-corrected chi connectivity index (χ3v) is 2.35. The van der Waals surface area contributed by atoms with Crippen LogP contribution in [-0.4, -0.2) is 77.5 Å². The molecule has 6 heteroatoms. The summed E-state index contributed by atoms with van der Waals surface area (Å²) in [7, 11) is 8.12. The Morgan fingerprint density at radius 2 is 1.41 bits per heavy atom. The minimum atomic E-state index is 0.936. The standard InChI is InChI=1S/C11H30N6/c1-12-6-5-10-17(14-8-7-13-2)15-9-11-16(3)4/h12-15H,5-11H2,1-4H3. The molecule has 0 aromatic carbocycles. The van der Waals surface area contributed by atoms with Crippen molar-refractivity contribution in [3.05, 3.63) is 0 Å². The molecule has 0 bridgehead atoms. The zero-order chi connectivity index (χ0) is 12.9. The highest BCUT2D eigenvalue weighted by Gasteiger charge is 2.02. The quantitative estimate of drug-likeness (QED) is 0.253. The molecule has 17 heavy (non-hydrogen) atoms. The number of nitrogens with one attached hydrogen (secondary N) is 4. The normalized spacial score (nSPS) is 11.6. The van der Waals surface area contributed by atoms with E-state index in [-0.39, 0.29) is 0 Å². The fourth-order valence-corrected chi connectivity index (χ4v) is 1.35. The molecule has 0 aromatic rings. The summed E-state index contributed by atoms with van der Waals surface area (Å²) >= 11 is 0. The maximum absolute atomic E-state index is 3.39. The second kappa shape index (κ2) is 12.2. The van der Waals surface area contributed by atoms with E-state index in [1.807, 2.05) is 14.1 Å². The molecular weight excluding hydrogens is 216 g/mol. The maximum atomic E-state index is 3.39. The molecule has 0 spiro atoms. The van der Waals surface area contributed by atoms with Crippen LogP contribution in [0.5, 0.6) is 0 Å². The SMILES string of the molecule is CNCCCN(NCCNC)NCCN(C)C. The third kappa shape index (κ3) is 12.0. The van der Waals surface area contributed by atoms with Crippen molar-refractivity contribution in [1.29, 1.82) is 0 Å². The third-order valence-electron chi connectivity index (χ3n) is 2.35. The van der Waals surface area contributed by atoms with Crippen LogP contribution in [0, 0.1) is 0 Å². The summed E-state index contributed by atoms with van der Waals surface area (Å²) in [4.78, 5) is 2.17. The van der Waals surface area contributed by atoms with Crippen LogP contribution in [0.2, 0.25) is 0 Å². The van der Waals surface area contributed by atoms with Gasteiger partial charge in [-0.1, -0.05) is 0 Å². The van der Waals surface area contributed by atoms with Gasteiger partial charge in [0, 0.05) is 32.7 Å². The van der Waals surface area contributed by atoms with Crippen LogP contribution in [0.15, 0.2) is 0 Å². The summed E-state index contributed by atoms with van der Waals surface area (Å²) in [6, 6.07) is 0. The van der Waals surface area contributed by atoms with Crippen molar-refractivity contribution in [1.82, 2.24) is 31.5 Å². The number of rotatable bonds is 12. The van der Waals surface area contributed by atoms with Crippen molar-refractivity contribution < 1.29 is 0 Å². The average Bonchev–Trinajstić information content (AvgIpc) is 2.28. The molecule has 0 unspecified atom stereocenters. The number of hydrazine groups is 2. The van der Waals surface area contributed by atoms with Crippen molar-refractivity contribution in [3.63, 3.8) is 0 Å². The molecule has 104 valence electrons. The summed E-state index contributed by atoms with van der Waals surface area (Å²) in [5.41, 5.74) is 6.76. The summed E-state index contributed by atoms with van der Waals surface area (Å²) in [5, 5.41) is 8.38. The molecule has 0 aromatic heterocycles. The van der Waals surface area contributed by atoms with Gasteiger partial charge in [0.2, 0.25) is 0 Å². The van der Waals surface area contributed by atoms with E-state index >= 15 is 0 Å². The topological polar surface area (TPSA) is 54.6 Å². The Kier molecular flexibility index (Phi) is 12.1. The molecule has 0 amide bonds. The van der Waals surface area contributed by atoms with Gasteiger partial charge in [0.15, 0.2) is 0 Å². The van der Waals surface area contributed by atoms with Gasteiger partial charge in [-0.05, 0) is 41.2 Å². The Hall–Kier alpha value is -0.240.